The molecule has 1 aliphatic rings. The Kier molecular flexibility index (Phi) is 6.74. The van der Waals surface area contributed by atoms with Crippen molar-refractivity contribution in [3.8, 4) is 11.3 Å². The van der Waals surface area contributed by atoms with E-state index in [1.54, 1.807) is 29.3 Å². The molecule has 1 unspecified atom stereocenters. The Morgan fingerprint density at radius 3 is 2.48 bits per heavy atom. The van der Waals surface area contributed by atoms with Crippen LogP contribution in [-0.4, -0.2) is 58.2 Å². The van der Waals surface area contributed by atoms with Crippen molar-refractivity contribution in [2.75, 3.05) is 31.1 Å². The van der Waals surface area contributed by atoms with Crippen LogP contribution in [0.1, 0.15) is 32.3 Å². The highest BCUT2D eigenvalue weighted by Crippen LogP contribution is 2.30. The second-order valence-corrected chi connectivity index (χ2v) is 7.61. The smallest absolute Gasteiger partial charge is 0.264 e. The van der Waals surface area contributed by atoms with Crippen molar-refractivity contribution in [2.24, 2.45) is 5.92 Å². The summed E-state index contributed by atoms with van der Waals surface area (Å²) in [4.78, 5) is 24.7. The number of hydrogen-bond acceptors (Lipinski definition) is 5. The molecule has 1 amide bonds. The zero-order chi connectivity index (χ0) is 21.0. The van der Waals surface area contributed by atoms with Crippen molar-refractivity contribution in [3.63, 3.8) is 0 Å². The molecule has 0 bridgehead atoms. The predicted molar refractivity (Wildman–Crippen MR) is 107 cm³/mol. The maximum atomic E-state index is 13.3. The number of rotatable bonds is 6. The SMILES string of the molecule is CC(C)CC(O)C(=O)N1CCN(c2cncc(-c3ccccc3C(F)F)n2)CC1. The largest absolute Gasteiger partial charge is 0.383 e. The van der Waals surface area contributed by atoms with Gasteiger partial charge >= 0.3 is 0 Å². The van der Waals surface area contributed by atoms with Crippen molar-refractivity contribution >= 4 is 11.7 Å². The van der Waals surface area contributed by atoms with Crippen molar-refractivity contribution < 1.29 is 18.7 Å². The third kappa shape index (κ3) is 5.06. The molecule has 0 saturated carbocycles. The van der Waals surface area contributed by atoms with Gasteiger partial charge < -0.3 is 14.9 Å². The number of amides is 1. The Hall–Kier alpha value is -2.61. The van der Waals surface area contributed by atoms with Gasteiger partial charge in [0.15, 0.2) is 0 Å². The topological polar surface area (TPSA) is 69.6 Å². The summed E-state index contributed by atoms with van der Waals surface area (Å²) in [6.45, 7) is 5.93. The molecular formula is C21H26F2N4O2. The standard InChI is InChI=1S/C21H26F2N4O2/c1-14(2)11-18(28)21(29)27-9-7-26(8-10-27)19-13-24-12-17(25-19)15-5-3-4-6-16(15)20(22)23/h3-6,12-14,18,20,28H,7-11H2,1-2H3. The van der Waals surface area contributed by atoms with Gasteiger partial charge in [0.1, 0.15) is 11.9 Å². The summed E-state index contributed by atoms with van der Waals surface area (Å²) in [6.07, 6.45) is -0.0540. The second-order valence-electron chi connectivity index (χ2n) is 7.61. The Bertz CT molecular complexity index is 839. The van der Waals surface area contributed by atoms with Crippen LogP contribution >= 0.6 is 0 Å². The number of piperazine rings is 1. The molecule has 8 heteroatoms. The highest BCUT2D eigenvalue weighted by Gasteiger charge is 2.27. The van der Waals surface area contributed by atoms with E-state index >= 15 is 0 Å². The number of anilines is 1. The summed E-state index contributed by atoms with van der Waals surface area (Å²) >= 11 is 0. The Balaban J connectivity index is 1.70. The van der Waals surface area contributed by atoms with E-state index in [9.17, 15) is 18.7 Å². The van der Waals surface area contributed by atoms with Gasteiger partial charge in [-0.05, 0) is 12.3 Å². The molecule has 29 heavy (non-hydrogen) atoms. The lowest BCUT2D eigenvalue weighted by atomic mass is 10.0. The first kappa shape index (κ1) is 21.1. The minimum atomic E-state index is -2.59. The summed E-state index contributed by atoms with van der Waals surface area (Å²) < 4.78 is 26.6. The van der Waals surface area contributed by atoms with Crippen LogP contribution in [0.25, 0.3) is 11.3 Å². The van der Waals surface area contributed by atoms with Crippen molar-refractivity contribution in [1.29, 1.82) is 0 Å². The highest BCUT2D eigenvalue weighted by atomic mass is 19.3. The second kappa shape index (κ2) is 9.26. The predicted octanol–water partition coefficient (Wildman–Crippen LogP) is 3.14. The lowest BCUT2D eigenvalue weighted by Gasteiger charge is -2.36. The number of benzene rings is 1. The quantitative estimate of drug-likeness (QED) is 0.801. The summed E-state index contributed by atoms with van der Waals surface area (Å²) in [6, 6.07) is 6.28. The fourth-order valence-corrected chi connectivity index (χ4v) is 3.47. The van der Waals surface area contributed by atoms with Gasteiger partial charge in [0.25, 0.3) is 12.3 Å². The summed E-state index contributed by atoms with van der Waals surface area (Å²) in [5.74, 6) is 0.579. The molecule has 3 rings (SSSR count). The lowest BCUT2D eigenvalue weighted by Crippen LogP contribution is -2.51. The van der Waals surface area contributed by atoms with Gasteiger partial charge in [-0.15, -0.1) is 0 Å². The minimum absolute atomic E-state index is 0.0755. The molecule has 1 saturated heterocycles. The first-order valence-corrected chi connectivity index (χ1v) is 9.78. The van der Waals surface area contributed by atoms with Crippen molar-refractivity contribution in [2.45, 2.75) is 32.8 Å². The first-order chi connectivity index (χ1) is 13.9. The molecule has 6 nitrogen and oxygen atoms in total. The number of alkyl halides is 2. The maximum Gasteiger partial charge on any atom is 0.264 e. The molecule has 1 N–H and O–H groups in total. The average Bonchev–Trinajstić information content (AvgIpc) is 2.73. The molecule has 1 fully saturated rings. The number of aliphatic hydroxyl groups is 1. The van der Waals surface area contributed by atoms with E-state index in [1.807, 2.05) is 18.7 Å². The summed E-state index contributed by atoms with van der Waals surface area (Å²) in [7, 11) is 0. The highest BCUT2D eigenvalue weighted by molar-refractivity contribution is 5.81. The lowest BCUT2D eigenvalue weighted by molar-refractivity contribution is -0.141. The van der Waals surface area contributed by atoms with Gasteiger partial charge in [-0.3, -0.25) is 9.78 Å². The van der Waals surface area contributed by atoms with E-state index < -0.39 is 12.5 Å². The van der Waals surface area contributed by atoms with Crippen molar-refractivity contribution in [1.82, 2.24) is 14.9 Å². The van der Waals surface area contributed by atoms with Crippen LogP contribution in [-0.2, 0) is 4.79 Å². The molecule has 0 radical (unpaired) electrons. The van der Waals surface area contributed by atoms with E-state index in [-0.39, 0.29) is 17.4 Å². The number of carbonyl (C=O) groups is 1. The molecule has 1 aromatic carbocycles. The van der Waals surface area contributed by atoms with Crippen LogP contribution in [0, 0.1) is 5.92 Å². The molecule has 2 aromatic rings. The fourth-order valence-electron chi connectivity index (χ4n) is 3.47. The summed E-state index contributed by atoms with van der Waals surface area (Å²) in [5.41, 5.74) is 0.681. The molecular weight excluding hydrogens is 378 g/mol. The number of hydrogen-bond donors (Lipinski definition) is 1. The van der Waals surface area contributed by atoms with Crippen LogP contribution < -0.4 is 4.90 Å². The van der Waals surface area contributed by atoms with E-state index in [0.29, 0.717) is 49.7 Å². The zero-order valence-electron chi connectivity index (χ0n) is 16.6. The van der Waals surface area contributed by atoms with E-state index in [1.165, 1.54) is 12.3 Å². The van der Waals surface area contributed by atoms with Crippen LogP contribution in [0.3, 0.4) is 0 Å². The normalized spacial score (nSPS) is 15.8. The van der Waals surface area contributed by atoms with Crippen LogP contribution in [0.5, 0.6) is 0 Å². The van der Waals surface area contributed by atoms with Crippen LogP contribution in [0.15, 0.2) is 36.7 Å². The molecule has 0 spiro atoms. The van der Waals surface area contributed by atoms with Gasteiger partial charge in [-0.2, -0.15) is 0 Å². The van der Waals surface area contributed by atoms with E-state index in [4.69, 9.17) is 0 Å². The molecule has 156 valence electrons. The Morgan fingerprint density at radius 1 is 1.14 bits per heavy atom. The number of aliphatic hydroxyl groups excluding tert-OH is 1. The Labute approximate surface area is 169 Å². The van der Waals surface area contributed by atoms with E-state index in [2.05, 4.69) is 9.97 Å². The van der Waals surface area contributed by atoms with Gasteiger partial charge in [0.2, 0.25) is 0 Å². The minimum Gasteiger partial charge on any atom is -0.383 e. The number of nitrogens with zero attached hydrogens (tertiary/aromatic N) is 4. The van der Waals surface area contributed by atoms with Crippen LogP contribution in [0.2, 0.25) is 0 Å². The number of aromatic nitrogens is 2. The molecule has 1 atom stereocenters. The summed E-state index contributed by atoms with van der Waals surface area (Å²) in [5, 5.41) is 10.1. The average molecular weight is 404 g/mol. The molecule has 1 aliphatic heterocycles. The number of halogens is 2. The fraction of sp³-hybridized carbons (Fsp3) is 0.476. The third-order valence-electron chi connectivity index (χ3n) is 4.99. The van der Waals surface area contributed by atoms with Crippen molar-refractivity contribution in [3.05, 3.63) is 42.2 Å². The van der Waals surface area contributed by atoms with Crippen LogP contribution in [0.4, 0.5) is 14.6 Å². The van der Waals surface area contributed by atoms with E-state index in [0.717, 1.165) is 0 Å². The Morgan fingerprint density at radius 2 is 1.83 bits per heavy atom. The van der Waals surface area contributed by atoms with Gasteiger partial charge in [-0.25, -0.2) is 13.8 Å². The number of carbonyl (C=O) groups excluding carboxylic acids is 1. The molecule has 2 heterocycles. The molecule has 1 aromatic heterocycles. The van der Waals surface area contributed by atoms with Gasteiger partial charge in [-0.1, -0.05) is 38.1 Å². The zero-order valence-corrected chi connectivity index (χ0v) is 16.6. The third-order valence-corrected chi connectivity index (χ3v) is 4.99. The monoisotopic (exact) mass is 404 g/mol. The molecule has 0 aliphatic carbocycles. The first-order valence-electron chi connectivity index (χ1n) is 9.78. The van der Waals surface area contributed by atoms with Gasteiger partial charge in [0, 0.05) is 37.3 Å². The van der Waals surface area contributed by atoms with Gasteiger partial charge in [0.05, 0.1) is 18.1 Å². The maximum absolute atomic E-state index is 13.3.